The lowest BCUT2D eigenvalue weighted by Crippen LogP contribution is -2.64. The van der Waals surface area contributed by atoms with Crippen molar-refractivity contribution in [1.82, 2.24) is 10.3 Å². The van der Waals surface area contributed by atoms with Crippen LogP contribution in [0, 0.1) is 51.2 Å². The van der Waals surface area contributed by atoms with Crippen LogP contribution in [0.25, 0.3) is 0 Å². The minimum Gasteiger partial charge on any atom is -0.481 e. The van der Waals surface area contributed by atoms with Gasteiger partial charge < -0.3 is 20.3 Å². The van der Waals surface area contributed by atoms with Gasteiger partial charge in [0.15, 0.2) is 0 Å². The molecule has 7 unspecified atom stereocenters. The number of carbonyl (C=O) groups is 1. The Bertz CT molecular complexity index is 1560. The van der Waals surface area contributed by atoms with Gasteiger partial charge >= 0.3 is 5.97 Å². The Hall–Kier alpha value is -1.83. The lowest BCUT2D eigenvalue weighted by molar-refractivity contribution is -0.167. The molecule has 1 aromatic heterocycles. The predicted molar refractivity (Wildman–Crippen MR) is 222 cm³/mol. The molecule has 3 N–H and O–H groups in total. The lowest BCUT2D eigenvalue weighted by atomic mass is 9.38. The predicted octanol–water partition coefficient (Wildman–Crippen LogP) is 10.7. The normalized spacial score (nSPS) is 39.5. The van der Waals surface area contributed by atoms with Gasteiger partial charge in [-0.05, 0) is 178 Å². The second-order valence-corrected chi connectivity index (χ2v) is 21.1. The zero-order chi connectivity index (χ0) is 38.4. The maximum Gasteiger partial charge on any atom is 0.313 e. The summed E-state index contributed by atoms with van der Waals surface area (Å²) in [7, 11) is 0. The summed E-state index contributed by atoms with van der Waals surface area (Å²) in [6, 6.07) is 5.52. The van der Waals surface area contributed by atoms with Gasteiger partial charge in [-0.3, -0.25) is 4.79 Å². The van der Waals surface area contributed by atoms with E-state index in [-0.39, 0.29) is 17.6 Å². The highest BCUT2D eigenvalue weighted by molar-refractivity contribution is 7.98. The Morgan fingerprint density at radius 2 is 1.69 bits per heavy atom. The maximum atomic E-state index is 12.7. The second-order valence-electron chi connectivity index (χ2n) is 20.1. The summed E-state index contributed by atoms with van der Waals surface area (Å²) in [5.41, 5.74) is 2.46. The molecule has 54 heavy (non-hydrogen) atoms. The Morgan fingerprint density at radius 1 is 0.926 bits per heavy atom. The van der Waals surface area contributed by atoms with E-state index in [1.54, 1.807) is 12.3 Å². The molecule has 4 fully saturated rings. The van der Waals surface area contributed by atoms with Crippen LogP contribution in [-0.2, 0) is 4.79 Å². The number of nitrogens with one attached hydrogen (secondary N) is 1. The number of allylic oxidation sites excluding steroid dienone is 4. The molecule has 0 amide bonds. The fraction of sp³-hybridized carbons (Fsp3) is 0.787. The first-order chi connectivity index (χ1) is 25.8. The third-order valence-electron chi connectivity index (χ3n) is 17.2. The van der Waals surface area contributed by atoms with Gasteiger partial charge in [-0.1, -0.05) is 65.7 Å². The Morgan fingerprint density at radius 3 is 2.37 bits per heavy atom. The van der Waals surface area contributed by atoms with Crippen LogP contribution in [0.1, 0.15) is 144 Å². The SMILES string of the molecule is CCC[C@@](O)(CCNC12CCC[C@@H]1C1CCC3C(CCC4C(C)(C)C(C5=CCC(COc6ccccn6)(C(=O)O)CC5)=CCC34C)[C@]1(C)CC2)CCSC. The fourth-order valence-electron chi connectivity index (χ4n) is 14.4. The first-order valence-electron chi connectivity index (χ1n) is 21.9. The van der Waals surface area contributed by atoms with Gasteiger partial charge in [-0.25, -0.2) is 4.98 Å². The second kappa shape index (κ2) is 15.5. The smallest absolute Gasteiger partial charge is 0.313 e. The van der Waals surface area contributed by atoms with Crippen molar-refractivity contribution in [3.63, 3.8) is 0 Å². The molecule has 6 nitrogen and oxygen atoms in total. The number of fused-ring (bicyclic) bond motifs is 7. The van der Waals surface area contributed by atoms with Gasteiger partial charge in [0.25, 0.3) is 0 Å². The van der Waals surface area contributed by atoms with Crippen molar-refractivity contribution in [2.45, 2.75) is 155 Å². The van der Waals surface area contributed by atoms with Crippen molar-refractivity contribution in [3.05, 3.63) is 47.7 Å². The fourth-order valence-corrected chi connectivity index (χ4v) is 14.9. The van der Waals surface area contributed by atoms with Crippen molar-refractivity contribution in [2.24, 2.45) is 51.2 Å². The molecule has 0 radical (unpaired) electrons. The Kier molecular flexibility index (Phi) is 11.6. The molecule has 6 aliphatic rings. The zero-order valence-electron chi connectivity index (χ0n) is 34.6. The molecule has 10 atom stereocenters. The zero-order valence-corrected chi connectivity index (χ0v) is 35.4. The average Bonchev–Trinajstić information content (AvgIpc) is 3.58. The highest BCUT2D eigenvalue weighted by Crippen LogP contribution is 2.71. The van der Waals surface area contributed by atoms with Crippen molar-refractivity contribution >= 4 is 17.7 Å². The molecule has 7 rings (SSSR count). The molecule has 0 aliphatic heterocycles. The lowest BCUT2D eigenvalue weighted by Gasteiger charge is -2.68. The van der Waals surface area contributed by atoms with Gasteiger partial charge in [0.2, 0.25) is 5.88 Å². The van der Waals surface area contributed by atoms with Crippen LogP contribution >= 0.6 is 11.8 Å². The quantitative estimate of drug-likeness (QED) is 0.174. The van der Waals surface area contributed by atoms with E-state index in [2.05, 4.69) is 63.3 Å². The number of pyridine rings is 1. The summed E-state index contributed by atoms with van der Waals surface area (Å²) in [6.45, 7) is 13.7. The standard InChI is InChI=1S/C47H72N2O4S/c1-7-20-46(52,28-31-54-6)27-30-49-47-21-10-11-38(47)37-14-13-36-35(43(37,4)25-26-47)15-16-39-42(2,3)34(19-22-44(36,39)5)33-17-23-45(24-18-33,41(50)51)32-53-40-12-8-9-29-48-40/h8-9,12,17,19,29,35-39,49,52H,7,10-11,13-16,18,20-28,30-32H2,1-6H3,(H,50,51)/t35?,36?,37?,38-,39?,43+,44?,45?,46-,47?/m1/s1. The van der Waals surface area contributed by atoms with Crippen LogP contribution in [0.5, 0.6) is 5.88 Å². The molecule has 0 saturated heterocycles. The van der Waals surface area contributed by atoms with Crippen LogP contribution in [0.2, 0.25) is 0 Å². The number of carboxylic acid groups (broad SMARTS) is 1. The van der Waals surface area contributed by atoms with E-state index in [4.69, 9.17) is 4.74 Å². The maximum absolute atomic E-state index is 12.7. The van der Waals surface area contributed by atoms with Gasteiger partial charge in [0.1, 0.15) is 12.0 Å². The Balaban J connectivity index is 1.05. The number of aliphatic hydroxyl groups is 1. The molecule has 0 spiro atoms. The first-order valence-corrected chi connectivity index (χ1v) is 23.3. The topological polar surface area (TPSA) is 91.7 Å². The summed E-state index contributed by atoms with van der Waals surface area (Å²) < 4.78 is 5.94. The molecular weight excluding hydrogens is 689 g/mol. The minimum atomic E-state index is -0.917. The number of aliphatic carboxylic acids is 1. The van der Waals surface area contributed by atoms with Crippen LogP contribution < -0.4 is 10.1 Å². The number of nitrogens with zero attached hydrogens (tertiary/aromatic N) is 1. The van der Waals surface area contributed by atoms with Crippen molar-refractivity contribution < 1.29 is 19.7 Å². The summed E-state index contributed by atoms with van der Waals surface area (Å²) in [4.78, 5) is 16.9. The highest BCUT2D eigenvalue weighted by atomic mass is 32.2. The third-order valence-corrected chi connectivity index (χ3v) is 17.8. The molecule has 1 aromatic rings. The van der Waals surface area contributed by atoms with Gasteiger partial charge in [-0.2, -0.15) is 11.8 Å². The first kappa shape index (κ1) is 40.4. The summed E-state index contributed by atoms with van der Waals surface area (Å²) in [5.74, 6) is 4.53. The molecule has 1 heterocycles. The van der Waals surface area contributed by atoms with E-state index in [9.17, 15) is 15.0 Å². The molecule has 0 aromatic carbocycles. The van der Waals surface area contributed by atoms with Crippen LogP contribution in [0.15, 0.2) is 47.7 Å². The van der Waals surface area contributed by atoms with Gasteiger partial charge in [-0.15, -0.1) is 0 Å². The number of hydrogen-bond donors (Lipinski definition) is 3. The van der Waals surface area contributed by atoms with E-state index in [0.29, 0.717) is 35.5 Å². The highest BCUT2D eigenvalue weighted by Gasteiger charge is 2.65. The van der Waals surface area contributed by atoms with Crippen LogP contribution in [0.3, 0.4) is 0 Å². The van der Waals surface area contributed by atoms with E-state index < -0.39 is 17.0 Å². The van der Waals surface area contributed by atoms with E-state index in [0.717, 1.165) is 74.5 Å². The summed E-state index contributed by atoms with van der Waals surface area (Å²) in [6.07, 6.45) is 27.6. The number of carboxylic acids is 1. The molecule has 6 aliphatic carbocycles. The summed E-state index contributed by atoms with van der Waals surface area (Å²) in [5, 5.41) is 26.1. The minimum absolute atomic E-state index is 0.0574. The molecule has 7 heteroatoms. The molecule has 0 bridgehead atoms. The van der Waals surface area contributed by atoms with E-state index in [1.807, 2.05) is 23.9 Å². The number of thioether (sulfide) groups is 1. The van der Waals surface area contributed by atoms with Crippen LogP contribution in [-0.4, -0.2) is 57.5 Å². The molecule has 300 valence electrons. The van der Waals surface area contributed by atoms with Gasteiger partial charge in [0.05, 0.1) is 5.60 Å². The number of hydrogen-bond acceptors (Lipinski definition) is 6. The Labute approximate surface area is 331 Å². The van der Waals surface area contributed by atoms with Crippen molar-refractivity contribution in [3.8, 4) is 5.88 Å². The number of aromatic nitrogens is 1. The van der Waals surface area contributed by atoms with Gasteiger partial charge in [0, 0.05) is 17.8 Å². The van der Waals surface area contributed by atoms with E-state index >= 15 is 0 Å². The molecular formula is C47H72N2O4S. The number of ether oxygens (including phenoxy) is 1. The van der Waals surface area contributed by atoms with E-state index in [1.165, 1.54) is 68.9 Å². The van der Waals surface area contributed by atoms with Crippen molar-refractivity contribution in [2.75, 3.05) is 25.2 Å². The third kappa shape index (κ3) is 7.05. The molecule has 4 saturated carbocycles. The summed E-state index contributed by atoms with van der Waals surface area (Å²) >= 11 is 1.86. The monoisotopic (exact) mass is 761 g/mol. The number of rotatable bonds is 14. The largest absolute Gasteiger partial charge is 0.481 e. The van der Waals surface area contributed by atoms with Crippen molar-refractivity contribution in [1.29, 1.82) is 0 Å². The van der Waals surface area contributed by atoms with Crippen LogP contribution in [0.4, 0.5) is 0 Å². The average molecular weight is 761 g/mol.